The van der Waals surface area contributed by atoms with Crippen molar-refractivity contribution in [1.29, 1.82) is 0 Å². The van der Waals surface area contributed by atoms with Gasteiger partial charge in [-0.05, 0) is 19.3 Å². The van der Waals surface area contributed by atoms with Gasteiger partial charge in [-0.3, -0.25) is 9.59 Å². The Balaban J connectivity index is 2.46. The van der Waals surface area contributed by atoms with E-state index in [1.54, 1.807) is 11.0 Å². The van der Waals surface area contributed by atoms with E-state index in [1.165, 1.54) is 7.11 Å². The van der Waals surface area contributed by atoms with Crippen molar-refractivity contribution in [3.05, 3.63) is 12.7 Å². The summed E-state index contributed by atoms with van der Waals surface area (Å²) in [5, 5.41) is 0. The van der Waals surface area contributed by atoms with E-state index in [9.17, 15) is 9.59 Å². The topological polar surface area (TPSA) is 46.6 Å². The first-order valence-electron chi connectivity index (χ1n) is 5.65. The predicted molar refractivity (Wildman–Crippen MR) is 60.8 cm³/mol. The molecule has 90 valence electrons. The molecule has 0 bridgehead atoms. The van der Waals surface area contributed by atoms with Crippen LogP contribution in [0.4, 0.5) is 0 Å². The van der Waals surface area contributed by atoms with Crippen LogP contribution in [0.1, 0.15) is 25.7 Å². The summed E-state index contributed by atoms with van der Waals surface area (Å²) in [7, 11) is 1.39. The molecule has 4 heteroatoms. The molecule has 0 aromatic heterocycles. The average molecular weight is 225 g/mol. The maximum atomic E-state index is 11.7. The first-order chi connectivity index (χ1) is 7.69. The molecule has 1 fully saturated rings. The molecule has 1 aliphatic rings. The van der Waals surface area contributed by atoms with Crippen molar-refractivity contribution in [3.8, 4) is 0 Å². The number of rotatable bonds is 4. The minimum Gasteiger partial charge on any atom is -0.469 e. The van der Waals surface area contributed by atoms with Crippen LogP contribution in [0, 0.1) is 5.92 Å². The second-order valence-corrected chi connectivity index (χ2v) is 4.03. The lowest BCUT2D eigenvalue weighted by Crippen LogP contribution is -2.42. The van der Waals surface area contributed by atoms with E-state index in [0.717, 1.165) is 19.4 Å². The third-order valence-electron chi connectivity index (χ3n) is 2.87. The monoisotopic (exact) mass is 225 g/mol. The van der Waals surface area contributed by atoms with Crippen LogP contribution in [0.15, 0.2) is 12.7 Å². The normalized spacial score (nSPS) is 20.3. The Bertz CT molecular complexity index is 275. The molecule has 16 heavy (non-hydrogen) atoms. The van der Waals surface area contributed by atoms with Gasteiger partial charge in [0.2, 0.25) is 5.91 Å². The molecule has 1 saturated heterocycles. The number of nitrogens with zero attached hydrogens (tertiary/aromatic N) is 1. The number of amides is 1. The molecule has 1 amide bonds. The second-order valence-electron chi connectivity index (χ2n) is 4.03. The van der Waals surface area contributed by atoms with Crippen LogP contribution in [0.25, 0.3) is 0 Å². The Hall–Kier alpha value is -1.32. The van der Waals surface area contributed by atoms with E-state index < -0.39 is 0 Å². The molecule has 1 aliphatic heterocycles. The van der Waals surface area contributed by atoms with E-state index in [0.29, 0.717) is 19.4 Å². The minimum atomic E-state index is -0.207. The Morgan fingerprint density at radius 3 is 2.94 bits per heavy atom. The Labute approximate surface area is 96.3 Å². The molecule has 0 aromatic carbocycles. The van der Waals surface area contributed by atoms with E-state index >= 15 is 0 Å². The number of methoxy groups -OCH3 is 1. The minimum absolute atomic E-state index is 0.105. The molecule has 1 heterocycles. The van der Waals surface area contributed by atoms with Crippen molar-refractivity contribution in [3.63, 3.8) is 0 Å². The van der Waals surface area contributed by atoms with Gasteiger partial charge in [0.1, 0.15) is 0 Å². The molecule has 0 saturated carbocycles. The highest BCUT2D eigenvalue weighted by molar-refractivity contribution is 5.78. The van der Waals surface area contributed by atoms with Gasteiger partial charge < -0.3 is 9.64 Å². The van der Waals surface area contributed by atoms with Crippen molar-refractivity contribution >= 4 is 11.9 Å². The molecule has 1 atom stereocenters. The Morgan fingerprint density at radius 2 is 2.31 bits per heavy atom. The summed E-state index contributed by atoms with van der Waals surface area (Å²) in [5.41, 5.74) is 0. The van der Waals surface area contributed by atoms with Crippen molar-refractivity contribution in [2.24, 2.45) is 5.92 Å². The summed E-state index contributed by atoms with van der Waals surface area (Å²) in [4.78, 5) is 24.9. The molecule has 0 aromatic rings. The summed E-state index contributed by atoms with van der Waals surface area (Å²) in [6.45, 7) is 4.85. The van der Waals surface area contributed by atoms with E-state index in [1.807, 2.05) is 0 Å². The van der Waals surface area contributed by atoms with Gasteiger partial charge >= 0.3 is 5.97 Å². The summed E-state index contributed by atoms with van der Waals surface area (Å²) < 4.78 is 4.71. The standard InChI is InChI=1S/C12H19NO3/c1-3-4-7-11(14)13-8-5-6-10(9-13)12(15)16-2/h3,10H,1,4-9H2,2H3. The number of likely N-dealkylation sites (tertiary alicyclic amines) is 1. The molecule has 4 nitrogen and oxygen atoms in total. The van der Waals surface area contributed by atoms with Gasteiger partial charge in [0.05, 0.1) is 13.0 Å². The van der Waals surface area contributed by atoms with E-state index in [2.05, 4.69) is 6.58 Å². The first-order valence-corrected chi connectivity index (χ1v) is 5.65. The molecule has 0 aliphatic carbocycles. The smallest absolute Gasteiger partial charge is 0.310 e. The van der Waals surface area contributed by atoms with Crippen molar-refractivity contribution in [2.45, 2.75) is 25.7 Å². The number of ether oxygens (including phenoxy) is 1. The van der Waals surface area contributed by atoms with Crippen LogP contribution in [-0.4, -0.2) is 37.0 Å². The average Bonchev–Trinajstić information content (AvgIpc) is 2.35. The second kappa shape index (κ2) is 6.30. The van der Waals surface area contributed by atoms with E-state index in [4.69, 9.17) is 4.74 Å². The van der Waals surface area contributed by atoms with Crippen LogP contribution in [0.2, 0.25) is 0 Å². The summed E-state index contributed by atoms with van der Waals surface area (Å²) in [6, 6.07) is 0. The van der Waals surface area contributed by atoms with Crippen LogP contribution in [0.3, 0.4) is 0 Å². The zero-order valence-electron chi connectivity index (χ0n) is 9.78. The molecular formula is C12H19NO3. The first kappa shape index (κ1) is 12.7. The van der Waals surface area contributed by atoms with Gasteiger partial charge in [0.25, 0.3) is 0 Å². The zero-order valence-corrected chi connectivity index (χ0v) is 9.78. The third kappa shape index (κ3) is 3.36. The lowest BCUT2D eigenvalue weighted by molar-refractivity contribution is -0.148. The number of allylic oxidation sites excluding steroid dienone is 1. The highest BCUT2D eigenvalue weighted by Crippen LogP contribution is 2.18. The van der Waals surface area contributed by atoms with Gasteiger partial charge in [-0.1, -0.05) is 6.08 Å². The SMILES string of the molecule is C=CCCC(=O)N1CCCC(C(=O)OC)C1. The third-order valence-corrected chi connectivity index (χ3v) is 2.87. The number of carbonyl (C=O) groups is 2. The van der Waals surface area contributed by atoms with Crippen LogP contribution in [0.5, 0.6) is 0 Å². The summed E-state index contributed by atoms with van der Waals surface area (Å²) in [5.74, 6) is -0.249. The largest absolute Gasteiger partial charge is 0.469 e. The number of hydrogen-bond acceptors (Lipinski definition) is 3. The van der Waals surface area contributed by atoms with E-state index in [-0.39, 0.29) is 17.8 Å². The van der Waals surface area contributed by atoms with Crippen LogP contribution < -0.4 is 0 Å². The molecule has 0 N–H and O–H groups in total. The molecule has 0 radical (unpaired) electrons. The van der Waals surface area contributed by atoms with Crippen molar-refractivity contribution in [1.82, 2.24) is 4.90 Å². The predicted octanol–water partition coefficient (Wildman–Crippen LogP) is 1.36. The van der Waals surface area contributed by atoms with Crippen molar-refractivity contribution in [2.75, 3.05) is 20.2 Å². The van der Waals surface area contributed by atoms with Crippen LogP contribution >= 0.6 is 0 Å². The fourth-order valence-corrected chi connectivity index (χ4v) is 1.95. The zero-order chi connectivity index (χ0) is 12.0. The highest BCUT2D eigenvalue weighted by Gasteiger charge is 2.28. The molecule has 0 spiro atoms. The maximum absolute atomic E-state index is 11.7. The molecule has 1 unspecified atom stereocenters. The van der Waals surface area contributed by atoms with Gasteiger partial charge in [-0.25, -0.2) is 0 Å². The van der Waals surface area contributed by atoms with Gasteiger partial charge in [-0.2, -0.15) is 0 Å². The molecular weight excluding hydrogens is 206 g/mol. The van der Waals surface area contributed by atoms with Gasteiger partial charge in [0, 0.05) is 19.5 Å². The van der Waals surface area contributed by atoms with Gasteiger partial charge in [-0.15, -0.1) is 6.58 Å². The number of piperidine rings is 1. The van der Waals surface area contributed by atoms with Gasteiger partial charge in [0.15, 0.2) is 0 Å². The lowest BCUT2D eigenvalue weighted by atomic mass is 9.98. The van der Waals surface area contributed by atoms with Crippen LogP contribution in [-0.2, 0) is 14.3 Å². The quantitative estimate of drug-likeness (QED) is 0.536. The van der Waals surface area contributed by atoms with Crippen molar-refractivity contribution < 1.29 is 14.3 Å². The Kier molecular flexibility index (Phi) is 5.02. The lowest BCUT2D eigenvalue weighted by Gasteiger charge is -2.31. The number of esters is 1. The summed E-state index contributed by atoms with van der Waals surface area (Å²) >= 11 is 0. The maximum Gasteiger partial charge on any atom is 0.310 e. The number of carbonyl (C=O) groups excluding carboxylic acids is 2. The fourth-order valence-electron chi connectivity index (χ4n) is 1.95. The highest BCUT2D eigenvalue weighted by atomic mass is 16.5. The fraction of sp³-hybridized carbons (Fsp3) is 0.667. The molecule has 1 rings (SSSR count). The Morgan fingerprint density at radius 1 is 1.56 bits per heavy atom. The summed E-state index contributed by atoms with van der Waals surface area (Å²) in [6.07, 6.45) is 4.60. The number of hydrogen-bond donors (Lipinski definition) is 0.